The van der Waals surface area contributed by atoms with Gasteiger partial charge in [-0.25, -0.2) is 0 Å². The van der Waals surface area contributed by atoms with Crippen molar-refractivity contribution < 1.29 is 9.59 Å². The summed E-state index contributed by atoms with van der Waals surface area (Å²) in [6, 6.07) is 12.0. The maximum absolute atomic E-state index is 11.9. The molecule has 0 aliphatic carbocycles. The highest BCUT2D eigenvalue weighted by atomic mass is 35.5. The zero-order valence-corrected chi connectivity index (χ0v) is 14.7. The van der Waals surface area contributed by atoms with Gasteiger partial charge in [0.2, 0.25) is 5.91 Å². The Balaban J connectivity index is 1.73. The van der Waals surface area contributed by atoms with E-state index in [-0.39, 0.29) is 11.8 Å². The van der Waals surface area contributed by atoms with Gasteiger partial charge in [0.05, 0.1) is 0 Å². The quantitative estimate of drug-likeness (QED) is 0.743. The van der Waals surface area contributed by atoms with E-state index in [2.05, 4.69) is 10.6 Å². The first kappa shape index (κ1) is 18.3. The number of halogens is 2. The first-order valence-electron chi connectivity index (χ1n) is 7.55. The maximum atomic E-state index is 11.9. The Kier molecular flexibility index (Phi) is 6.64. The Labute approximate surface area is 151 Å². The second kappa shape index (κ2) is 8.71. The van der Waals surface area contributed by atoms with E-state index in [0.29, 0.717) is 40.7 Å². The zero-order valence-electron chi connectivity index (χ0n) is 13.2. The molecule has 2 rings (SSSR count). The fourth-order valence-corrected chi connectivity index (χ4v) is 2.39. The molecule has 0 spiro atoms. The van der Waals surface area contributed by atoms with Crippen molar-refractivity contribution in [2.24, 2.45) is 0 Å². The molecule has 0 aliphatic rings. The predicted octanol–water partition coefficient (Wildman–Crippen LogP) is 4.45. The van der Waals surface area contributed by atoms with Gasteiger partial charge in [0, 0.05) is 34.3 Å². The van der Waals surface area contributed by atoms with Crippen molar-refractivity contribution >= 4 is 40.7 Å². The summed E-state index contributed by atoms with van der Waals surface area (Å²) >= 11 is 11.7. The fraction of sp³-hybridized carbons (Fsp3) is 0.222. The predicted molar refractivity (Wildman–Crippen MR) is 97.8 cm³/mol. The topological polar surface area (TPSA) is 58.2 Å². The van der Waals surface area contributed by atoms with Crippen LogP contribution in [-0.2, 0) is 4.79 Å². The molecule has 0 radical (unpaired) electrons. The number of nitrogens with one attached hydrogen (secondary N) is 2. The molecule has 0 aliphatic heterocycles. The Bertz CT molecular complexity index is 730. The van der Waals surface area contributed by atoms with Crippen LogP contribution in [0.25, 0.3) is 0 Å². The number of carbonyl (C=O) groups is 2. The zero-order chi connectivity index (χ0) is 17.5. The number of anilines is 1. The van der Waals surface area contributed by atoms with Crippen LogP contribution in [0.5, 0.6) is 0 Å². The highest BCUT2D eigenvalue weighted by molar-refractivity contribution is 6.31. The molecular weight excluding hydrogens is 347 g/mol. The van der Waals surface area contributed by atoms with Crippen LogP contribution in [0.4, 0.5) is 5.69 Å². The van der Waals surface area contributed by atoms with Crippen molar-refractivity contribution in [3.05, 3.63) is 63.6 Å². The van der Waals surface area contributed by atoms with Crippen molar-refractivity contribution in [1.82, 2.24) is 5.32 Å². The second-order valence-electron chi connectivity index (χ2n) is 5.37. The van der Waals surface area contributed by atoms with Crippen molar-refractivity contribution in [2.75, 3.05) is 11.9 Å². The van der Waals surface area contributed by atoms with Gasteiger partial charge >= 0.3 is 0 Å². The average Bonchev–Trinajstić information content (AvgIpc) is 2.55. The molecule has 0 unspecified atom stereocenters. The van der Waals surface area contributed by atoms with Crippen molar-refractivity contribution in [2.45, 2.75) is 19.8 Å². The summed E-state index contributed by atoms with van der Waals surface area (Å²) in [6.45, 7) is 2.32. The van der Waals surface area contributed by atoms with Gasteiger partial charge in [-0.1, -0.05) is 29.3 Å². The lowest BCUT2D eigenvalue weighted by atomic mass is 10.2. The third kappa shape index (κ3) is 5.55. The number of amides is 2. The SMILES string of the molecule is Cc1ccc(Cl)cc1NC(=O)CCCNC(=O)c1ccc(Cl)cc1. The van der Waals surface area contributed by atoms with Gasteiger partial charge in [-0.2, -0.15) is 0 Å². The summed E-state index contributed by atoms with van der Waals surface area (Å²) in [6.07, 6.45) is 0.859. The minimum Gasteiger partial charge on any atom is -0.352 e. The normalized spacial score (nSPS) is 10.3. The summed E-state index contributed by atoms with van der Waals surface area (Å²) in [5.41, 5.74) is 2.19. The smallest absolute Gasteiger partial charge is 0.251 e. The minimum absolute atomic E-state index is 0.110. The molecule has 0 saturated carbocycles. The van der Waals surface area contributed by atoms with Gasteiger partial charge in [-0.15, -0.1) is 0 Å². The summed E-state index contributed by atoms with van der Waals surface area (Å²) in [7, 11) is 0. The van der Waals surface area contributed by atoms with E-state index >= 15 is 0 Å². The molecule has 2 N–H and O–H groups in total. The third-order valence-corrected chi connectivity index (χ3v) is 3.93. The highest BCUT2D eigenvalue weighted by Crippen LogP contribution is 2.20. The van der Waals surface area contributed by atoms with Crippen molar-refractivity contribution in [3.8, 4) is 0 Å². The van der Waals surface area contributed by atoms with Gasteiger partial charge < -0.3 is 10.6 Å². The number of aryl methyl sites for hydroxylation is 1. The van der Waals surface area contributed by atoms with E-state index in [0.717, 1.165) is 5.56 Å². The number of rotatable bonds is 6. The number of benzene rings is 2. The minimum atomic E-state index is -0.183. The van der Waals surface area contributed by atoms with Gasteiger partial charge in [0.25, 0.3) is 5.91 Å². The van der Waals surface area contributed by atoms with Crippen LogP contribution in [0.3, 0.4) is 0 Å². The molecule has 0 bridgehead atoms. The average molecular weight is 365 g/mol. The molecule has 2 aromatic rings. The lowest BCUT2D eigenvalue weighted by molar-refractivity contribution is -0.116. The van der Waals surface area contributed by atoms with E-state index in [1.165, 1.54) is 0 Å². The van der Waals surface area contributed by atoms with Crippen LogP contribution < -0.4 is 10.6 Å². The number of carbonyl (C=O) groups excluding carboxylic acids is 2. The van der Waals surface area contributed by atoms with E-state index in [1.54, 1.807) is 36.4 Å². The standard InChI is InChI=1S/C18H18Cl2N2O2/c1-12-4-7-15(20)11-16(12)22-17(23)3-2-10-21-18(24)13-5-8-14(19)9-6-13/h4-9,11H,2-3,10H2,1H3,(H,21,24)(H,22,23). The Hall–Kier alpha value is -2.04. The van der Waals surface area contributed by atoms with E-state index in [4.69, 9.17) is 23.2 Å². The molecule has 24 heavy (non-hydrogen) atoms. The number of hydrogen-bond donors (Lipinski definition) is 2. The Morgan fingerprint density at radius 1 is 1.00 bits per heavy atom. The van der Waals surface area contributed by atoms with Crippen LogP contribution in [0.15, 0.2) is 42.5 Å². The maximum Gasteiger partial charge on any atom is 0.251 e. The molecule has 4 nitrogen and oxygen atoms in total. The van der Waals surface area contributed by atoms with Crippen molar-refractivity contribution in [1.29, 1.82) is 0 Å². The van der Waals surface area contributed by atoms with Crippen molar-refractivity contribution in [3.63, 3.8) is 0 Å². The Morgan fingerprint density at radius 2 is 1.67 bits per heavy atom. The first-order chi connectivity index (χ1) is 11.5. The lowest BCUT2D eigenvalue weighted by Crippen LogP contribution is -2.25. The van der Waals surface area contributed by atoms with Gasteiger partial charge in [0.1, 0.15) is 0 Å². The molecule has 0 saturated heterocycles. The van der Waals surface area contributed by atoms with Gasteiger partial charge in [-0.3, -0.25) is 9.59 Å². The molecule has 2 aromatic carbocycles. The van der Waals surface area contributed by atoms with E-state index < -0.39 is 0 Å². The highest BCUT2D eigenvalue weighted by Gasteiger charge is 2.07. The van der Waals surface area contributed by atoms with Crippen LogP contribution in [0, 0.1) is 6.92 Å². The summed E-state index contributed by atoms with van der Waals surface area (Å²) < 4.78 is 0. The van der Waals surface area contributed by atoms with Crippen LogP contribution in [0.2, 0.25) is 10.0 Å². The summed E-state index contributed by atoms with van der Waals surface area (Å²) in [5.74, 6) is -0.293. The van der Waals surface area contributed by atoms with Crippen LogP contribution in [-0.4, -0.2) is 18.4 Å². The molecule has 0 aromatic heterocycles. The lowest BCUT2D eigenvalue weighted by Gasteiger charge is -2.09. The van der Waals surface area contributed by atoms with Gasteiger partial charge in [0.15, 0.2) is 0 Å². The second-order valence-corrected chi connectivity index (χ2v) is 6.25. The molecule has 2 amide bonds. The summed E-state index contributed by atoms with van der Waals surface area (Å²) in [4.78, 5) is 23.9. The molecular formula is C18H18Cl2N2O2. The molecule has 0 atom stereocenters. The van der Waals surface area contributed by atoms with Gasteiger partial charge in [-0.05, 0) is 55.3 Å². The van der Waals surface area contributed by atoms with E-state index in [1.807, 2.05) is 13.0 Å². The number of hydrogen-bond acceptors (Lipinski definition) is 2. The Morgan fingerprint density at radius 3 is 2.38 bits per heavy atom. The van der Waals surface area contributed by atoms with E-state index in [9.17, 15) is 9.59 Å². The molecule has 0 heterocycles. The fourth-order valence-electron chi connectivity index (χ4n) is 2.10. The van der Waals surface area contributed by atoms with Crippen LogP contribution in [0.1, 0.15) is 28.8 Å². The largest absolute Gasteiger partial charge is 0.352 e. The summed E-state index contributed by atoms with van der Waals surface area (Å²) in [5, 5.41) is 6.76. The molecule has 126 valence electrons. The monoisotopic (exact) mass is 364 g/mol. The molecule has 0 fully saturated rings. The molecule has 6 heteroatoms. The first-order valence-corrected chi connectivity index (χ1v) is 8.31. The van der Waals surface area contributed by atoms with Crippen LogP contribution >= 0.6 is 23.2 Å². The third-order valence-electron chi connectivity index (χ3n) is 3.45.